The summed E-state index contributed by atoms with van der Waals surface area (Å²) in [6.07, 6.45) is 0. The molecule has 0 aliphatic heterocycles. The zero-order chi connectivity index (χ0) is 15.8. The first-order chi connectivity index (χ1) is 9.91. The lowest BCUT2D eigenvalue weighted by molar-refractivity contribution is 0.0689. The van der Waals surface area contributed by atoms with Gasteiger partial charge in [-0.1, -0.05) is 71.0 Å². The van der Waals surface area contributed by atoms with Crippen molar-refractivity contribution in [3.8, 4) is 0 Å². The van der Waals surface area contributed by atoms with Gasteiger partial charge in [0, 0.05) is 16.5 Å². The largest absolute Gasteiger partial charge is 0.293 e. The Labute approximate surface area is 126 Å². The highest BCUT2D eigenvalue weighted by atomic mass is 16.2. The van der Waals surface area contributed by atoms with Gasteiger partial charge in [0.05, 0.1) is 5.92 Å². The molecule has 2 aromatic carbocycles. The van der Waals surface area contributed by atoms with Gasteiger partial charge in [0.1, 0.15) is 0 Å². The molecule has 1 aliphatic carbocycles. The molecular formula is C19H22O2. The number of carbonyl (C=O) groups excluding carboxylic acids is 2. The van der Waals surface area contributed by atoms with Gasteiger partial charge in [-0.05, 0) is 10.8 Å². The first-order valence-electron chi connectivity index (χ1n) is 7.51. The fraction of sp³-hybridized carbons (Fsp3) is 0.368. The molecule has 3 rings (SSSR count). The SMILES string of the molecule is CC.CC(C)(C)C1C(=O)c2cccc3cccc(c23)C1=O. The minimum Gasteiger partial charge on any atom is -0.293 e. The highest BCUT2D eigenvalue weighted by Crippen LogP contribution is 2.39. The lowest BCUT2D eigenvalue weighted by atomic mass is 9.68. The molecule has 0 bridgehead atoms. The first kappa shape index (κ1) is 15.4. The maximum Gasteiger partial charge on any atom is 0.174 e. The van der Waals surface area contributed by atoms with Crippen LogP contribution >= 0.6 is 0 Å². The van der Waals surface area contributed by atoms with E-state index in [1.54, 1.807) is 0 Å². The maximum atomic E-state index is 12.6. The zero-order valence-electron chi connectivity index (χ0n) is 13.4. The molecule has 2 heteroatoms. The summed E-state index contributed by atoms with van der Waals surface area (Å²) in [5, 5.41) is 1.78. The highest BCUT2D eigenvalue weighted by molar-refractivity contribution is 6.29. The second-order valence-electron chi connectivity index (χ2n) is 6.24. The molecule has 21 heavy (non-hydrogen) atoms. The average Bonchev–Trinajstić information content (AvgIpc) is 2.45. The Morgan fingerprint density at radius 2 is 1.24 bits per heavy atom. The summed E-state index contributed by atoms with van der Waals surface area (Å²) in [6, 6.07) is 11.3. The van der Waals surface area contributed by atoms with E-state index < -0.39 is 5.92 Å². The number of hydrogen-bond acceptors (Lipinski definition) is 2. The van der Waals surface area contributed by atoms with Gasteiger partial charge in [-0.25, -0.2) is 0 Å². The number of carbonyl (C=O) groups is 2. The number of benzene rings is 2. The molecule has 0 saturated heterocycles. The minimum atomic E-state index is -0.576. The summed E-state index contributed by atoms with van der Waals surface area (Å²) in [5.41, 5.74) is 1.02. The van der Waals surface area contributed by atoms with Crippen LogP contribution in [0, 0.1) is 11.3 Å². The molecule has 0 N–H and O–H groups in total. The van der Waals surface area contributed by atoms with Crippen molar-refractivity contribution >= 4 is 22.3 Å². The maximum absolute atomic E-state index is 12.6. The van der Waals surface area contributed by atoms with Crippen molar-refractivity contribution in [1.29, 1.82) is 0 Å². The van der Waals surface area contributed by atoms with Crippen molar-refractivity contribution in [3.63, 3.8) is 0 Å². The van der Waals surface area contributed by atoms with Crippen LogP contribution in [0.1, 0.15) is 55.3 Å². The van der Waals surface area contributed by atoms with E-state index in [1.807, 2.05) is 71.0 Å². The third-order valence-corrected chi connectivity index (χ3v) is 3.83. The van der Waals surface area contributed by atoms with Crippen LogP contribution in [-0.2, 0) is 0 Å². The molecule has 0 radical (unpaired) electrons. The van der Waals surface area contributed by atoms with Crippen molar-refractivity contribution < 1.29 is 9.59 Å². The number of hydrogen-bond donors (Lipinski definition) is 0. The summed E-state index contributed by atoms with van der Waals surface area (Å²) in [4.78, 5) is 25.3. The fourth-order valence-electron chi connectivity index (χ4n) is 2.97. The molecule has 2 nitrogen and oxygen atoms in total. The molecule has 0 heterocycles. The number of Topliss-reactive ketones (excluding diaryl/α,β-unsaturated/α-hetero) is 2. The molecule has 0 amide bonds. The molecule has 110 valence electrons. The predicted molar refractivity (Wildman–Crippen MR) is 86.9 cm³/mol. The van der Waals surface area contributed by atoms with Gasteiger partial charge in [-0.15, -0.1) is 0 Å². The minimum absolute atomic E-state index is 0.0400. The molecule has 0 fully saturated rings. The summed E-state index contributed by atoms with van der Waals surface area (Å²) in [6.45, 7) is 9.84. The fourth-order valence-corrected chi connectivity index (χ4v) is 2.97. The average molecular weight is 282 g/mol. The monoisotopic (exact) mass is 282 g/mol. The smallest absolute Gasteiger partial charge is 0.174 e. The van der Waals surface area contributed by atoms with Gasteiger partial charge < -0.3 is 0 Å². The van der Waals surface area contributed by atoms with Gasteiger partial charge in [0.25, 0.3) is 0 Å². The Balaban J connectivity index is 0.000000774. The van der Waals surface area contributed by atoms with Crippen molar-refractivity contribution in [1.82, 2.24) is 0 Å². The quantitative estimate of drug-likeness (QED) is 0.643. The third-order valence-electron chi connectivity index (χ3n) is 3.83. The molecule has 0 spiro atoms. The van der Waals surface area contributed by atoms with Crippen LogP contribution < -0.4 is 0 Å². The lowest BCUT2D eigenvalue weighted by Crippen LogP contribution is -2.38. The van der Waals surface area contributed by atoms with Crippen LogP contribution in [-0.4, -0.2) is 11.6 Å². The van der Waals surface area contributed by atoms with Gasteiger partial charge in [-0.2, -0.15) is 0 Å². The second kappa shape index (κ2) is 5.44. The summed E-state index contributed by atoms with van der Waals surface area (Å²) in [5.74, 6) is -0.656. The summed E-state index contributed by atoms with van der Waals surface area (Å²) >= 11 is 0. The van der Waals surface area contributed by atoms with Crippen molar-refractivity contribution in [2.24, 2.45) is 11.3 Å². The molecule has 0 unspecified atom stereocenters. The summed E-state index contributed by atoms with van der Waals surface area (Å²) < 4.78 is 0. The van der Waals surface area contributed by atoms with E-state index in [-0.39, 0.29) is 17.0 Å². The van der Waals surface area contributed by atoms with E-state index in [1.165, 1.54) is 0 Å². The van der Waals surface area contributed by atoms with Crippen LogP contribution in [0.5, 0.6) is 0 Å². The normalized spacial score (nSPS) is 14.9. The van der Waals surface area contributed by atoms with Gasteiger partial charge in [0.2, 0.25) is 0 Å². The van der Waals surface area contributed by atoms with Crippen molar-refractivity contribution in [2.75, 3.05) is 0 Å². The van der Waals surface area contributed by atoms with Gasteiger partial charge in [0.15, 0.2) is 11.6 Å². The zero-order valence-corrected chi connectivity index (χ0v) is 13.4. The molecule has 0 atom stereocenters. The Morgan fingerprint density at radius 1 is 0.810 bits per heavy atom. The highest BCUT2D eigenvalue weighted by Gasteiger charge is 2.42. The third kappa shape index (κ3) is 2.39. The van der Waals surface area contributed by atoms with E-state index in [2.05, 4.69) is 0 Å². The Hall–Kier alpha value is -1.96. The number of rotatable bonds is 0. The standard InChI is InChI=1S/C17H16O2.C2H6/c1-17(2,3)14-15(18)11-8-4-6-10-7-5-9-12(13(10)11)16(14)19;1-2/h4-9,14H,1-3H3;1-2H3. The second-order valence-corrected chi connectivity index (χ2v) is 6.24. The van der Waals surface area contributed by atoms with Gasteiger partial charge in [-0.3, -0.25) is 9.59 Å². The van der Waals surface area contributed by atoms with E-state index >= 15 is 0 Å². The Morgan fingerprint density at radius 3 is 1.62 bits per heavy atom. The van der Waals surface area contributed by atoms with Crippen LogP contribution in [0.25, 0.3) is 10.8 Å². The van der Waals surface area contributed by atoms with Gasteiger partial charge >= 0.3 is 0 Å². The number of ketones is 2. The topological polar surface area (TPSA) is 34.1 Å². The molecule has 0 saturated carbocycles. The lowest BCUT2D eigenvalue weighted by Gasteiger charge is -2.32. The van der Waals surface area contributed by atoms with Crippen LogP contribution in [0.4, 0.5) is 0 Å². The van der Waals surface area contributed by atoms with E-state index in [4.69, 9.17) is 0 Å². The van der Waals surface area contributed by atoms with E-state index in [0.29, 0.717) is 11.1 Å². The molecule has 0 aromatic heterocycles. The molecular weight excluding hydrogens is 260 g/mol. The van der Waals surface area contributed by atoms with Crippen LogP contribution in [0.2, 0.25) is 0 Å². The van der Waals surface area contributed by atoms with E-state index in [0.717, 1.165) is 10.8 Å². The summed E-state index contributed by atoms with van der Waals surface area (Å²) in [7, 11) is 0. The Kier molecular flexibility index (Phi) is 3.99. The predicted octanol–water partition coefficient (Wildman–Crippen LogP) is 4.91. The molecule has 1 aliphatic rings. The van der Waals surface area contributed by atoms with Crippen LogP contribution in [0.15, 0.2) is 36.4 Å². The van der Waals surface area contributed by atoms with Crippen LogP contribution in [0.3, 0.4) is 0 Å². The van der Waals surface area contributed by atoms with Crippen molar-refractivity contribution in [2.45, 2.75) is 34.6 Å². The van der Waals surface area contributed by atoms with Crippen molar-refractivity contribution in [3.05, 3.63) is 47.5 Å². The molecule has 2 aromatic rings. The Bertz CT molecular complexity index is 654. The van der Waals surface area contributed by atoms with E-state index in [9.17, 15) is 9.59 Å². The first-order valence-corrected chi connectivity index (χ1v) is 7.51.